The second-order valence-corrected chi connectivity index (χ2v) is 4.80. The van der Waals surface area contributed by atoms with Gasteiger partial charge in [0.2, 0.25) is 0 Å². The maximum atomic E-state index is 4.41. The fourth-order valence-electron chi connectivity index (χ4n) is 2.55. The fraction of sp³-hybridized carbons (Fsp3) is 0.176. The third-order valence-electron chi connectivity index (χ3n) is 3.49. The summed E-state index contributed by atoms with van der Waals surface area (Å²) in [7, 11) is 0. The van der Waals surface area contributed by atoms with Crippen molar-refractivity contribution in [1.82, 2.24) is 4.98 Å². The average Bonchev–Trinajstić information content (AvgIpc) is 2.84. The Balaban J connectivity index is 0.00000133. The molecule has 1 radical (unpaired) electrons. The normalized spacial score (nSPS) is 10.9. The van der Waals surface area contributed by atoms with E-state index in [-0.39, 0.29) is 42.2 Å². The largest absolute Gasteiger partial charge is 3.00 e. The Morgan fingerprint density at radius 2 is 1.71 bits per heavy atom. The van der Waals surface area contributed by atoms with Crippen LogP contribution in [0.3, 0.4) is 0 Å². The zero-order chi connectivity index (χ0) is 12.4. The van der Waals surface area contributed by atoms with Gasteiger partial charge in [-0.3, -0.25) is 4.98 Å². The van der Waals surface area contributed by atoms with E-state index in [0.29, 0.717) is 5.92 Å². The molecule has 0 aliphatic rings. The predicted octanol–water partition coefficient (Wildman–Crippen LogP) is -1.69. The summed E-state index contributed by atoms with van der Waals surface area (Å²) in [4.78, 5) is 4.41. The third kappa shape index (κ3) is 4.53. The molecular formula is C17H16Cl2CrN. The van der Waals surface area contributed by atoms with Gasteiger partial charge in [-0.1, -0.05) is 19.1 Å². The molecule has 3 aromatic rings. The minimum absolute atomic E-state index is 0. The molecule has 0 bridgehead atoms. The molecule has 1 aromatic heterocycles. The number of fused-ring (bicyclic) bond motifs is 1. The van der Waals surface area contributed by atoms with E-state index >= 15 is 0 Å². The Hall–Kier alpha value is -0.908. The monoisotopic (exact) mass is 356 g/mol. The van der Waals surface area contributed by atoms with Crippen LogP contribution < -0.4 is 24.8 Å². The average molecular weight is 357 g/mol. The standard InChI is InChI=1S/C17H16N.2ClH.Cr/c1-13(12-15-7-4-5-11-18-15)16-10-9-14-6-2-3-8-17(14)16;;;/h2-11,13H,12H2,1H3;2*1H;/q-1;;;+3/p-2. The summed E-state index contributed by atoms with van der Waals surface area (Å²) in [6, 6.07) is 19.2. The Bertz CT molecular complexity index is 652. The first-order chi connectivity index (χ1) is 8.84. The molecule has 0 aliphatic carbocycles. The van der Waals surface area contributed by atoms with Gasteiger partial charge in [-0.2, -0.15) is 6.07 Å². The van der Waals surface area contributed by atoms with E-state index in [1.165, 1.54) is 16.3 Å². The van der Waals surface area contributed by atoms with Gasteiger partial charge in [0, 0.05) is 11.9 Å². The van der Waals surface area contributed by atoms with Gasteiger partial charge in [0.1, 0.15) is 0 Å². The van der Waals surface area contributed by atoms with Gasteiger partial charge in [-0.15, -0.1) is 40.6 Å². The van der Waals surface area contributed by atoms with Gasteiger partial charge in [-0.25, -0.2) is 0 Å². The molecule has 109 valence electrons. The van der Waals surface area contributed by atoms with Gasteiger partial charge in [0.05, 0.1) is 0 Å². The first kappa shape index (κ1) is 20.1. The van der Waals surface area contributed by atoms with Crippen LogP contribution in [0.2, 0.25) is 0 Å². The van der Waals surface area contributed by atoms with Crippen molar-refractivity contribution in [3.63, 3.8) is 0 Å². The number of hydrogen-bond donors (Lipinski definition) is 0. The van der Waals surface area contributed by atoms with Crippen LogP contribution in [0, 0.1) is 0 Å². The maximum absolute atomic E-state index is 4.41. The van der Waals surface area contributed by atoms with Gasteiger partial charge in [-0.05, 0) is 24.5 Å². The van der Waals surface area contributed by atoms with Crippen molar-refractivity contribution in [1.29, 1.82) is 0 Å². The Kier molecular flexibility index (Phi) is 8.78. The van der Waals surface area contributed by atoms with Crippen LogP contribution in [-0.2, 0) is 23.8 Å². The smallest absolute Gasteiger partial charge is 1.00 e. The van der Waals surface area contributed by atoms with Crippen LogP contribution in [0.15, 0.2) is 60.8 Å². The number of rotatable bonds is 3. The van der Waals surface area contributed by atoms with Crippen molar-refractivity contribution in [2.45, 2.75) is 19.3 Å². The summed E-state index contributed by atoms with van der Waals surface area (Å²) in [5, 5.41) is 2.71. The summed E-state index contributed by atoms with van der Waals surface area (Å²) in [5.74, 6) is 0.500. The molecule has 0 spiro atoms. The van der Waals surface area contributed by atoms with Crippen molar-refractivity contribution in [3.8, 4) is 0 Å². The van der Waals surface area contributed by atoms with Crippen LogP contribution in [0.4, 0.5) is 0 Å². The molecule has 0 amide bonds. The predicted molar refractivity (Wildman–Crippen MR) is 75.9 cm³/mol. The van der Waals surface area contributed by atoms with Crippen molar-refractivity contribution < 1.29 is 42.2 Å². The van der Waals surface area contributed by atoms with Crippen LogP contribution in [0.5, 0.6) is 0 Å². The molecule has 1 unspecified atom stereocenters. The summed E-state index contributed by atoms with van der Waals surface area (Å²) in [6.45, 7) is 2.27. The summed E-state index contributed by atoms with van der Waals surface area (Å²) >= 11 is 0. The molecule has 1 nitrogen and oxygen atoms in total. The Morgan fingerprint density at radius 3 is 2.43 bits per heavy atom. The van der Waals surface area contributed by atoms with E-state index in [0.717, 1.165) is 12.1 Å². The Morgan fingerprint density at radius 1 is 1.00 bits per heavy atom. The van der Waals surface area contributed by atoms with E-state index < -0.39 is 0 Å². The first-order valence-electron chi connectivity index (χ1n) is 6.39. The van der Waals surface area contributed by atoms with Gasteiger partial charge < -0.3 is 24.8 Å². The van der Waals surface area contributed by atoms with Crippen LogP contribution in [0.25, 0.3) is 10.8 Å². The molecule has 0 fully saturated rings. The topological polar surface area (TPSA) is 12.9 Å². The fourth-order valence-corrected chi connectivity index (χ4v) is 2.55. The molecule has 3 rings (SSSR count). The van der Waals surface area contributed by atoms with E-state index in [2.05, 4.69) is 60.4 Å². The molecule has 2 aromatic carbocycles. The summed E-state index contributed by atoms with van der Waals surface area (Å²) in [6.07, 6.45) is 2.86. The molecule has 1 atom stereocenters. The molecule has 1 heterocycles. The van der Waals surface area contributed by atoms with Gasteiger partial charge >= 0.3 is 17.4 Å². The number of hydrogen-bond acceptors (Lipinski definition) is 1. The number of benzene rings is 1. The quantitative estimate of drug-likeness (QED) is 0.510. The van der Waals surface area contributed by atoms with Crippen LogP contribution >= 0.6 is 0 Å². The van der Waals surface area contributed by atoms with Crippen molar-refractivity contribution in [2.24, 2.45) is 0 Å². The third-order valence-corrected chi connectivity index (χ3v) is 3.49. The molecule has 0 saturated heterocycles. The zero-order valence-electron chi connectivity index (χ0n) is 11.7. The molecule has 0 saturated carbocycles. The molecule has 21 heavy (non-hydrogen) atoms. The van der Waals surface area contributed by atoms with E-state index in [1.54, 1.807) is 0 Å². The van der Waals surface area contributed by atoms with Crippen LogP contribution in [-0.4, -0.2) is 4.98 Å². The second-order valence-electron chi connectivity index (χ2n) is 4.80. The number of nitrogens with zero attached hydrogens (tertiary/aromatic N) is 1. The van der Waals surface area contributed by atoms with Crippen molar-refractivity contribution >= 4 is 10.8 Å². The Labute approximate surface area is 149 Å². The minimum Gasteiger partial charge on any atom is -1.00 e. The minimum atomic E-state index is 0. The second kappa shape index (κ2) is 9.18. The maximum Gasteiger partial charge on any atom is 3.00 e. The number of halogens is 2. The van der Waals surface area contributed by atoms with Crippen molar-refractivity contribution in [3.05, 3.63) is 72.1 Å². The number of pyridine rings is 1. The number of aromatic nitrogens is 1. The summed E-state index contributed by atoms with van der Waals surface area (Å²) < 4.78 is 0. The van der Waals surface area contributed by atoms with Gasteiger partial charge in [0.25, 0.3) is 0 Å². The molecule has 0 aliphatic heterocycles. The van der Waals surface area contributed by atoms with E-state index in [4.69, 9.17) is 0 Å². The molecule has 0 N–H and O–H groups in total. The van der Waals surface area contributed by atoms with Crippen molar-refractivity contribution in [2.75, 3.05) is 0 Å². The zero-order valence-corrected chi connectivity index (χ0v) is 14.5. The molecule has 4 heteroatoms. The summed E-state index contributed by atoms with van der Waals surface area (Å²) in [5.41, 5.74) is 2.59. The molecular weight excluding hydrogens is 341 g/mol. The van der Waals surface area contributed by atoms with Gasteiger partial charge in [0.15, 0.2) is 0 Å². The first-order valence-corrected chi connectivity index (χ1v) is 6.39. The van der Waals surface area contributed by atoms with E-state index in [1.807, 2.05) is 12.3 Å². The van der Waals surface area contributed by atoms with Crippen LogP contribution in [0.1, 0.15) is 24.1 Å². The SMILES string of the molecule is CC(Cc1ccccn1)[c-]1ccc2ccccc21.[Cl-].[Cl-].[Cr+3]. The van der Waals surface area contributed by atoms with E-state index in [9.17, 15) is 0 Å².